The third-order valence-corrected chi connectivity index (χ3v) is 4.56. The summed E-state index contributed by atoms with van der Waals surface area (Å²) < 4.78 is 5.84. The van der Waals surface area contributed by atoms with Crippen LogP contribution >= 0.6 is 11.6 Å². The molecule has 0 aliphatic heterocycles. The molecule has 2 bridgehead atoms. The van der Waals surface area contributed by atoms with Crippen molar-refractivity contribution in [3.8, 4) is 5.75 Å². The highest BCUT2D eigenvalue weighted by Gasteiger charge is 2.39. The largest absolute Gasteiger partial charge is 0.492 e. The summed E-state index contributed by atoms with van der Waals surface area (Å²) in [6.45, 7) is 0.864. The zero-order valence-corrected chi connectivity index (χ0v) is 10.7. The quantitative estimate of drug-likeness (QED) is 0.763. The summed E-state index contributed by atoms with van der Waals surface area (Å²) in [6, 6.07) is 3.90. The van der Waals surface area contributed by atoms with Crippen molar-refractivity contribution >= 4 is 11.6 Å². The van der Waals surface area contributed by atoms with E-state index in [1.54, 1.807) is 6.20 Å². The van der Waals surface area contributed by atoms with Gasteiger partial charge in [-0.3, -0.25) is 4.98 Å². The normalized spacial score (nSPS) is 30.8. The number of rotatable bonds is 4. The first-order valence-electron chi connectivity index (χ1n) is 6.49. The zero-order valence-electron chi connectivity index (χ0n) is 9.94. The minimum atomic E-state index is 0.465. The molecule has 1 heterocycles. The number of ether oxygens (including phenoxy) is 1. The van der Waals surface area contributed by atoms with Crippen molar-refractivity contribution in [3.63, 3.8) is 0 Å². The van der Waals surface area contributed by atoms with Crippen LogP contribution in [0.2, 0.25) is 0 Å². The van der Waals surface area contributed by atoms with Gasteiger partial charge < -0.3 is 4.74 Å². The highest BCUT2D eigenvalue weighted by atomic mass is 35.5. The van der Waals surface area contributed by atoms with Crippen LogP contribution in [0.25, 0.3) is 0 Å². The van der Waals surface area contributed by atoms with E-state index in [9.17, 15) is 0 Å². The van der Waals surface area contributed by atoms with Crippen molar-refractivity contribution in [1.29, 1.82) is 0 Å². The van der Waals surface area contributed by atoms with E-state index in [1.165, 1.54) is 25.7 Å². The lowest BCUT2D eigenvalue weighted by atomic mass is 9.90. The Bertz CT molecular complexity index is 378. The fourth-order valence-corrected chi connectivity index (χ4v) is 3.52. The molecule has 2 aliphatic rings. The van der Waals surface area contributed by atoms with Crippen LogP contribution in [-0.2, 0) is 5.88 Å². The molecule has 1 aromatic heterocycles. The number of halogens is 1. The Hall–Kier alpha value is -0.760. The second-order valence-corrected chi connectivity index (χ2v) is 5.63. The van der Waals surface area contributed by atoms with Gasteiger partial charge in [-0.05, 0) is 49.1 Å². The van der Waals surface area contributed by atoms with Gasteiger partial charge in [-0.25, -0.2) is 0 Å². The first-order valence-corrected chi connectivity index (χ1v) is 7.02. The third-order valence-electron chi connectivity index (χ3n) is 4.28. The number of fused-ring (bicyclic) bond motifs is 2. The van der Waals surface area contributed by atoms with E-state index < -0.39 is 0 Å². The summed E-state index contributed by atoms with van der Waals surface area (Å²) in [6.07, 6.45) is 7.47. The first-order chi connectivity index (χ1) is 8.35. The van der Waals surface area contributed by atoms with E-state index in [0.29, 0.717) is 5.88 Å². The number of hydrogen-bond donors (Lipinski definition) is 0. The van der Waals surface area contributed by atoms with Gasteiger partial charge in [0.15, 0.2) is 0 Å². The van der Waals surface area contributed by atoms with Crippen molar-refractivity contribution in [2.45, 2.75) is 31.6 Å². The molecule has 2 fully saturated rings. The van der Waals surface area contributed by atoms with Crippen LogP contribution in [-0.4, -0.2) is 11.6 Å². The van der Waals surface area contributed by atoms with Gasteiger partial charge in [-0.15, -0.1) is 11.6 Å². The van der Waals surface area contributed by atoms with Gasteiger partial charge in [0.25, 0.3) is 0 Å². The van der Waals surface area contributed by atoms with Gasteiger partial charge in [0.05, 0.1) is 24.4 Å². The predicted molar refractivity (Wildman–Crippen MR) is 68.2 cm³/mol. The summed E-state index contributed by atoms with van der Waals surface area (Å²) in [4.78, 5) is 4.23. The van der Waals surface area contributed by atoms with Crippen molar-refractivity contribution in [1.82, 2.24) is 4.98 Å². The van der Waals surface area contributed by atoms with E-state index in [2.05, 4.69) is 4.98 Å². The molecule has 2 aliphatic carbocycles. The molecule has 3 atom stereocenters. The van der Waals surface area contributed by atoms with E-state index in [4.69, 9.17) is 16.3 Å². The first kappa shape index (κ1) is 11.3. The van der Waals surface area contributed by atoms with Crippen molar-refractivity contribution in [3.05, 3.63) is 24.0 Å². The molecule has 0 saturated heterocycles. The Morgan fingerprint density at radius 1 is 1.29 bits per heavy atom. The van der Waals surface area contributed by atoms with Gasteiger partial charge in [-0.1, -0.05) is 6.42 Å². The molecule has 0 spiro atoms. The molecule has 3 heteroatoms. The maximum Gasteiger partial charge on any atom is 0.137 e. The Balaban J connectivity index is 1.53. The molecule has 0 N–H and O–H groups in total. The SMILES string of the molecule is ClCc1ccc(OCC2CC3CCC2C3)cn1. The highest BCUT2D eigenvalue weighted by molar-refractivity contribution is 6.16. The molecular formula is C14H18ClNO. The molecule has 3 rings (SSSR count). The van der Waals surface area contributed by atoms with Gasteiger partial charge in [0.1, 0.15) is 5.75 Å². The number of nitrogens with zero attached hydrogens (tertiary/aromatic N) is 1. The van der Waals surface area contributed by atoms with Gasteiger partial charge in [0.2, 0.25) is 0 Å². The standard InChI is InChI=1S/C14H18ClNO/c15-7-13-3-4-14(8-16-13)17-9-12-6-10-1-2-11(12)5-10/h3-4,8,10-12H,1-2,5-7,9H2. The lowest BCUT2D eigenvalue weighted by molar-refractivity contribution is 0.194. The lowest BCUT2D eigenvalue weighted by Gasteiger charge is -2.21. The van der Waals surface area contributed by atoms with Crippen molar-refractivity contribution < 1.29 is 4.74 Å². The minimum absolute atomic E-state index is 0.465. The second kappa shape index (κ2) is 4.85. The number of hydrogen-bond acceptors (Lipinski definition) is 2. The molecule has 0 radical (unpaired) electrons. The van der Waals surface area contributed by atoms with Crippen LogP contribution in [0.5, 0.6) is 5.75 Å². The molecule has 1 aromatic rings. The van der Waals surface area contributed by atoms with E-state index in [-0.39, 0.29) is 0 Å². The average molecular weight is 252 g/mol. The molecule has 0 aromatic carbocycles. The molecule has 92 valence electrons. The average Bonchev–Trinajstić information content (AvgIpc) is 2.99. The maximum absolute atomic E-state index is 5.84. The molecule has 2 nitrogen and oxygen atoms in total. The number of aromatic nitrogens is 1. The van der Waals surface area contributed by atoms with E-state index in [0.717, 1.165) is 35.8 Å². The van der Waals surface area contributed by atoms with E-state index >= 15 is 0 Å². The Morgan fingerprint density at radius 3 is 2.82 bits per heavy atom. The van der Waals surface area contributed by atoms with Gasteiger partial charge >= 0.3 is 0 Å². The Labute approximate surface area is 107 Å². The van der Waals surface area contributed by atoms with Crippen molar-refractivity contribution in [2.24, 2.45) is 17.8 Å². The fraction of sp³-hybridized carbons (Fsp3) is 0.643. The van der Waals surface area contributed by atoms with Gasteiger partial charge in [-0.2, -0.15) is 0 Å². The third kappa shape index (κ3) is 2.42. The van der Waals surface area contributed by atoms with Crippen LogP contribution in [0.15, 0.2) is 18.3 Å². The van der Waals surface area contributed by atoms with Crippen LogP contribution in [0, 0.1) is 17.8 Å². The van der Waals surface area contributed by atoms with Crippen LogP contribution < -0.4 is 4.74 Å². The van der Waals surface area contributed by atoms with E-state index in [1.807, 2.05) is 12.1 Å². The van der Waals surface area contributed by atoms with Crippen LogP contribution in [0.4, 0.5) is 0 Å². The maximum atomic E-state index is 5.84. The van der Waals surface area contributed by atoms with Crippen LogP contribution in [0.1, 0.15) is 31.4 Å². The minimum Gasteiger partial charge on any atom is -0.492 e. The Kier molecular flexibility index (Phi) is 3.24. The molecule has 17 heavy (non-hydrogen) atoms. The molecular weight excluding hydrogens is 234 g/mol. The smallest absolute Gasteiger partial charge is 0.137 e. The monoisotopic (exact) mass is 251 g/mol. The highest BCUT2D eigenvalue weighted by Crippen LogP contribution is 2.48. The predicted octanol–water partition coefficient (Wildman–Crippen LogP) is 3.64. The van der Waals surface area contributed by atoms with Crippen LogP contribution in [0.3, 0.4) is 0 Å². The molecule has 2 saturated carbocycles. The summed E-state index contributed by atoms with van der Waals surface area (Å²) >= 11 is 5.70. The molecule has 0 amide bonds. The summed E-state index contributed by atoms with van der Waals surface area (Å²) in [5.74, 6) is 4.04. The number of alkyl halides is 1. The van der Waals surface area contributed by atoms with Crippen molar-refractivity contribution in [2.75, 3.05) is 6.61 Å². The summed E-state index contributed by atoms with van der Waals surface area (Å²) in [5.41, 5.74) is 0.902. The molecule has 3 unspecified atom stereocenters. The topological polar surface area (TPSA) is 22.1 Å². The summed E-state index contributed by atoms with van der Waals surface area (Å²) in [5, 5.41) is 0. The zero-order chi connectivity index (χ0) is 11.7. The lowest BCUT2D eigenvalue weighted by Crippen LogP contribution is -2.18. The number of pyridine rings is 1. The summed E-state index contributed by atoms with van der Waals surface area (Å²) in [7, 11) is 0. The Morgan fingerprint density at radius 2 is 2.24 bits per heavy atom. The second-order valence-electron chi connectivity index (χ2n) is 5.36. The fourth-order valence-electron chi connectivity index (χ4n) is 3.36. The van der Waals surface area contributed by atoms with Gasteiger partial charge in [0, 0.05) is 0 Å².